The number of hydrogen-bond acceptors (Lipinski definition) is 6. The molecule has 0 radical (unpaired) electrons. The molecular weight excluding hydrogens is 314 g/mol. The van der Waals surface area contributed by atoms with Crippen LogP contribution >= 0.6 is 15.9 Å². The minimum atomic E-state index is -0.269. The second-order valence-corrected chi connectivity index (χ2v) is 4.63. The van der Waals surface area contributed by atoms with E-state index in [1.54, 1.807) is 26.2 Å². The number of carbonyl (C=O) groups excluding carboxylic acids is 1. The van der Waals surface area contributed by atoms with E-state index >= 15 is 0 Å². The van der Waals surface area contributed by atoms with Crippen molar-refractivity contribution in [3.05, 3.63) is 34.0 Å². The van der Waals surface area contributed by atoms with Gasteiger partial charge in [-0.25, -0.2) is 4.98 Å². The Labute approximate surface area is 117 Å². The van der Waals surface area contributed by atoms with E-state index < -0.39 is 0 Å². The lowest BCUT2D eigenvalue weighted by atomic mass is 10.2. The number of nitrogens with one attached hydrogen (secondary N) is 2. The number of hydrogen-bond donors (Lipinski definition) is 2. The highest BCUT2D eigenvalue weighted by Crippen LogP contribution is 2.17. The molecule has 0 saturated heterocycles. The number of aromatic nitrogens is 3. The van der Waals surface area contributed by atoms with E-state index in [0.717, 1.165) is 4.47 Å². The van der Waals surface area contributed by atoms with Gasteiger partial charge in [0.05, 0.1) is 12.1 Å². The second-order valence-electron chi connectivity index (χ2n) is 3.72. The minimum Gasteiger partial charge on any atom is -0.372 e. The average Bonchev–Trinajstić information content (AvgIpc) is 2.81. The highest BCUT2D eigenvalue weighted by Gasteiger charge is 2.13. The highest BCUT2D eigenvalue weighted by molar-refractivity contribution is 9.10. The number of anilines is 1. The van der Waals surface area contributed by atoms with E-state index in [9.17, 15) is 4.79 Å². The van der Waals surface area contributed by atoms with Crippen molar-refractivity contribution in [3.63, 3.8) is 0 Å². The zero-order valence-electron chi connectivity index (χ0n) is 10.4. The Kier molecular flexibility index (Phi) is 4.10. The number of amides is 1. The van der Waals surface area contributed by atoms with Gasteiger partial charge in [0.2, 0.25) is 5.89 Å². The van der Waals surface area contributed by atoms with Crippen LogP contribution in [0.1, 0.15) is 22.1 Å². The zero-order chi connectivity index (χ0) is 13.8. The van der Waals surface area contributed by atoms with Gasteiger partial charge in [-0.2, -0.15) is 4.98 Å². The van der Waals surface area contributed by atoms with Crippen molar-refractivity contribution >= 4 is 27.7 Å². The summed E-state index contributed by atoms with van der Waals surface area (Å²) in [4.78, 5) is 20.2. The van der Waals surface area contributed by atoms with Crippen LogP contribution in [-0.2, 0) is 6.54 Å². The van der Waals surface area contributed by atoms with Crippen LogP contribution in [0.2, 0.25) is 0 Å². The third-order valence-electron chi connectivity index (χ3n) is 2.31. The molecule has 1 amide bonds. The second kappa shape index (κ2) is 5.79. The number of aryl methyl sites for hydroxylation is 1. The monoisotopic (exact) mass is 325 g/mol. The summed E-state index contributed by atoms with van der Waals surface area (Å²) in [5.74, 6) is 1.13. The molecule has 2 aromatic heterocycles. The normalized spacial score (nSPS) is 10.3. The molecular formula is C11H12BrN5O2. The lowest BCUT2D eigenvalue weighted by molar-refractivity contribution is 0.0946. The van der Waals surface area contributed by atoms with E-state index in [1.807, 2.05) is 0 Å². The van der Waals surface area contributed by atoms with Crippen molar-refractivity contribution in [3.8, 4) is 0 Å². The van der Waals surface area contributed by atoms with Crippen molar-refractivity contribution in [2.75, 3.05) is 12.4 Å². The van der Waals surface area contributed by atoms with Gasteiger partial charge in [-0.15, -0.1) is 0 Å². The van der Waals surface area contributed by atoms with Gasteiger partial charge in [0.1, 0.15) is 5.82 Å². The van der Waals surface area contributed by atoms with Crippen LogP contribution in [0.25, 0.3) is 0 Å². The van der Waals surface area contributed by atoms with Crippen LogP contribution in [0, 0.1) is 6.92 Å². The van der Waals surface area contributed by atoms with Crippen molar-refractivity contribution in [2.24, 2.45) is 0 Å². The molecule has 8 heteroatoms. The summed E-state index contributed by atoms with van der Waals surface area (Å²) < 4.78 is 5.64. The van der Waals surface area contributed by atoms with Crippen molar-refractivity contribution in [1.29, 1.82) is 0 Å². The summed E-state index contributed by atoms with van der Waals surface area (Å²) in [5.41, 5.74) is 0.438. The summed E-state index contributed by atoms with van der Waals surface area (Å²) >= 11 is 3.28. The van der Waals surface area contributed by atoms with Gasteiger partial charge < -0.3 is 15.2 Å². The predicted octanol–water partition coefficient (Wildman–Crippen LogP) is 1.51. The molecule has 0 aliphatic heterocycles. The maximum atomic E-state index is 12.1. The summed E-state index contributed by atoms with van der Waals surface area (Å²) in [6.07, 6.45) is 1.62. The Hall–Kier alpha value is -1.96. The first-order chi connectivity index (χ1) is 9.10. The molecule has 2 rings (SSSR count). The van der Waals surface area contributed by atoms with Gasteiger partial charge in [-0.1, -0.05) is 5.16 Å². The number of carbonyl (C=O) groups is 1. The van der Waals surface area contributed by atoms with E-state index in [0.29, 0.717) is 23.1 Å². The Morgan fingerprint density at radius 1 is 1.53 bits per heavy atom. The summed E-state index contributed by atoms with van der Waals surface area (Å²) in [6.45, 7) is 1.89. The van der Waals surface area contributed by atoms with Crippen LogP contribution in [0.3, 0.4) is 0 Å². The van der Waals surface area contributed by atoms with Gasteiger partial charge in [0, 0.05) is 17.7 Å². The van der Waals surface area contributed by atoms with Crippen molar-refractivity contribution < 1.29 is 9.32 Å². The lowest BCUT2D eigenvalue weighted by Crippen LogP contribution is -2.24. The fourth-order valence-electron chi connectivity index (χ4n) is 1.47. The third kappa shape index (κ3) is 3.28. The molecule has 0 aliphatic carbocycles. The van der Waals surface area contributed by atoms with Crippen LogP contribution in [-0.4, -0.2) is 28.1 Å². The first-order valence-corrected chi connectivity index (χ1v) is 6.30. The molecule has 7 nitrogen and oxygen atoms in total. The van der Waals surface area contributed by atoms with Crippen LogP contribution < -0.4 is 10.6 Å². The Morgan fingerprint density at radius 2 is 2.32 bits per heavy atom. The highest BCUT2D eigenvalue weighted by atomic mass is 79.9. The number of rotatable bonds is 4. The molecule has 2 N–H and O–H groups in total. The molecule has 100 valence electrons. The largest absolute Gasteiger partial charge is 0.372 e. The maximum Gasteiger partial charge on any atom is 0.255 e. The molecule has 0 spiro atoms. The number of halogens is 1. The molecule has 19 heavy (non-hydrogen) atoms. The van der Waals surface area contributed by atoms with E-state index in [1.165, 1.54) is 0 Å². The molecule has 0 saturated carbocycles. The van der Waals surface area contributed by atoms with Gasteiger partial charge >= 0.3 is 0 Å². The average molecular weight is 326 g/mol. The van der Waals surface area contributed by atoms with Gasteiger partial charge in [-0.05, 0) is 28.9 Å². The zero-order valence-corrected chi connectivity index (χ0v) is 12.0. The van der Waals surface area contributed by atoms with Crippen LogP contribution in [0.4, 0.5) is 5.82 Å². The van der Waals surface area contributed by atoms with Crippen LogP contribution in [0.15, 0.2) is 21.3 Å². The van der Waals surface area contributed by atoms with Crippen molar-refractivity contribution in [2.45, 2.75) is 13.5 Å². The number of pyridine rings is 1. The molecule has 0 aliphatic rings. The quantitative estimate of drug-likeness (QED) is 0.885. The Morgan fingerprint density at radius 3 is 2.95 bits per heavy atom. The van der Waals surface area contributed by atoms with E-state index in [2.05, 4.69) is 41.7 Å². The number of nitrogens with zero attached hydrogens (tertiary/aromatic N) is 3. The fraction of sp³-hybridized carbons (Fsp3) is 0.273. The third-order valence-corrected chi connectivity index (χ3v) is 2.74. The Balaban J connectivity index is 2.09. The van der Waals surface area contributed by atoms with E-state index in [-0.39, 0.29) is 12.5 Å². The lowest BCUT2D eigenvalue weighted by Gasteiger charge is -2.08. The van der Waals surface area contributed by atoms with Crippen molar-refractivity contribution in [1.82, 2.24) is 20.4 Å². The summed E-state index contributed by atoms with van der Waals surface area (Å²) in [7, 11) is 1.70. The molecule has 0 atom stereocenters. The van der Waals surface area contributed by atoms with Gasteiger partial charge in [0.25, 0.3) is 5.91 Å². The SMILES string of the molecule is CNc1ncc(Br)cc1C(=O)NCc1nc(C)no1. The Bertz CT molecular complexity index is 599. The first kappa shape index (κ1) is 13.5. The molecule has 2 heterocycles. The first-order valence-electron chi connectivity index (χ1n) is 5.51. The smallest absolute Gasteiger partial charge is 0.255 e. The predicted molar refractivity (Wildman–Crippen MR) is 71.7 cm³/mol. The molecule has 2 aromatic rings. The summed E-state index contributed by atoms with van der Waals surface area (Å²) in [5, 5.41) is 9.20. The maximum absolute atomic E-state index is 12.1. The molecule has 0 unspecified atom stereocenters. The summed E-state index contributed by atoms with van der Waals surface area (Å²) in [6, 6.07) is 1.69. The van der Waals surface area contributed by atoms with Gasteiger partial charge in [0.15, 0.2) is 5.82 Å². The topological polar surface area (TPSA) is 92.9 Å². The fourth-order valence-corrected chi connectivity index (χ4v) is 1.81. The van der Waals surface area contributed by atoms with Gasteiger partial charge in [-0.3, -0.25) is 4.79 Å². The van der Waals surface area contributed by atoms with Crippen LogP contribution in [0.5, 0.6) is 0 Å². The molecule has 0 fully saturated rings. The minimum absolute atomic E-state index is 0.176. The van der Waals surface area contributed by atoms with E-state index in [4.69, 9.17) is 4.52 Å². The molecule has 0 bridgehead atoms. The standard InChI is InChI=1S/C11H12BrN5O2/c1-6-16-9(19-17-6)5-15-11(18)8-3-7(12)4-14-10(8)13-2/h3-4H,5H2,1-2H3,(H,13,14)(H,15,18). The molecule has 0 aromatic carbocycles.